The Morgan fingerprint density at radius 1 is 1.00 bits per heavy atom. The fraction of sp³-hybridized carbons (Fsp3) is 0. The van der Waals surface area contributed by atoms with Crippen molar-refractivity contribution in [2.45, 2.75) is 0 Å². The van der Waals surface area contributed by atoms with Gasteiger partial charge in [0, 0.05) is 0 Å². The molecule has 5 heteroatoms. The highest BCUT2D eigenvalue weighted by Gasteiger charge is 2.10. The number of phenolic OH excluding ortho intramolecular Hbond substituents is 1. The van der Waals surface area contributed by atoms with Gasteiger partial charge in [-0.05, 0) is 35.9 Å². The number of hydrogen-bond donors (Lipinski definition) is 1. The van der Waals surface area contributed by atoms with Crippen LogP contribution in [0.2, 0.25) is 0 Å². The maximum atomic E-state index is 12.8. The predicted molar refractivity (Wildman–Crippen MR) is 76.7 cm³/mol. The zero-order chi connectivity index (χ0) is 14.7. The number of rotatable bonds is 3. The first-order valence-electron chi connectivity index (χ1n) is 6.28. The molecular weight excluding hydrogens is 271 g/mol. The molecule has 21 heavy (non-hydrogen) atoms. The lowest BCUT2D eigenvalue weighted by molar-refractivity contribution is 0.423. The van der Waals surface area contributed by atoms with Crippen molar-refractivity contribution in [3.8, 4) is 17.2 Å². The molecule has 0 aliphatic rings. The summed E-state index contributed by atoms with van der Waals surface area (Å²) in [6, 6.07) is 12.8. The summed E-state index contributed by atoms with van der Waals surface area (Å²) in [7, 11) is 0. The average Bonchev–Trinajstić information content (AvgIpc) is 2.96. The minimum absolute atomic E-state index is 0.0789. The molecule has 0 amide bonds. The first kappa shape index (κ1) is 13.1. The summed E-state index contributed by atoms with van der Waals surface area (Å²) in [5.41, 5.74) is 1.30. The van der Waals surface area contributed by atoms with Crippen LogP contribution in [0.15, 0.2) is 53.1 Å². The molecule has 4 nitrogen and oxygen atoms in total. The summed E-state index contributed by atoms with van der Waals surface area (Å²) in [4.78, 5) is 4.18. The van der Waals surface area contributed by atoms with Crippen LogP contribution in [0.1, 0.15) is 11.4 Å². The molecule has 0 bridgehead atoms. The molecule has 0 aliphatic carbocycles. The quantitative estimate of drug-likeness (QED) is 0.794. The molecule has 3 rings (SSSR count). The Hall–Kier alpha value is -2.95. The van der Waals surface area contributed by atoms with Gasteiger partial charge < -0.3 is 9.63 Å². The first-order chi connectivity index (χ1) is 10.2. The molecule has 1 N–H and O–H groups in total. The van der Waals surface area contributed by atoms with Crippen molar-refractivity contribution < 1.29 is 14.0 Å². The topological polar surface area (TPSA) is 59.2 Å². The van der Waals surface area contributed by atoms with Crippen LogP contribution >= 0.6 is 0 Å². The van der Waals surface area contributed by atoms with Gasteiger partial charge in [-0.3, -0.25) is 0 Å². The molecule has 0 atom stereocenters. The molecular formula is C16H11FN2O2. The Labute approximate surface area is 120 Å². The summed E-state index contributed by atoms with van der Waals surface area (Å²) >= 11 is 0. The number of phenols is 1. The molecule has 1 heterocycles. The third kappa shape index (κ3) is 2.97. The minimum atomic E-state index is -0.284. The van der Waals surface area contributed by atoms with Crippen molar-refractivity contribution in [3.63, 3.8) is 0 Å². The molecule has 0 saturated heterocycles. The Bertz CT molecular complexity index is 779. The number of aromatic hydroxyl groups is 1. The zero-order valence-electron chi connectivity index (χ0n) is 10.9. The van der Waals surface area contributed by atoms with E-state index in [9.17, 15) is 9.50 Å². The van der Waals surface area contributed by atoms with Gasteiger partial charge in [0.05, 0.1) is 5.56 Å². The van der Waals surface area contributed by atoms with Crippen molar-refractivity contribution in [2.24, 2.45) is 0 Å². The van der Waals surface area contributed by atoms with Crippen LogP contribution < -0.4 is 0 Å². The summed E-state index contributed by atoms with van der Waals surface area (Å²) in [6.45, 7) is 0. The second kappa shape index (κ2) is 5.58. The molecule has 0 radical (unpaired) electrons. The average molecular weight is 282 g/mol. The largest absolute Gasteiger partial charge is 0.507 e. The molecule has 0 fully saturated rings. The van der Waals surface area contributed by atoms with Crippen LogP contribution in [0.5, 0.6) is 5.75 Å². The van der Waals surface area contributed by atoms with Crippen LogP contribution in [0, 0.1) is 5.82 Å². The number of nitrogens with zero attached hydrogens (tertiary/aromatic N) is 2. The second-order valence-corrected chi connectivity index (χ2v) is 4.36. The standard InChI is InChI=1S/C16H11FN2O2/c17-12-8-5-11(6-9-12)7-10-15-18-16(21-19-15)13-3-1-2-4-14(13)20/h1-10,20H. The van der Waals surface area contributed by atoms with E-state index in [0.717, 1.165) is 5.56 Å². The van der Waals surface area contributed by atoms with Crippen LogP contribution in [0.4, 0.5) is 4.39 Å². The molecule has 0 unspecified atom stereocenters. The predicted octanol–water partition coefficient (Wildman–Crippen LogP) is 3.75. The number of halogens is 1. The monoisotopic (exact) mass is 282 g/mol. The van der Waals surface area contributed by atoms with Gasteiger partial charge in [0.15, 0.2) is 5.82 Å². The highest BCUT2D eigenvalue weighted by molar-refractivity contribution is 5.68. The minimum Gasteiger partial charge on any atom is -0.507 e. The lowest BCUT2D eigenvalue weighted by Gasteiger charge is -1.96. The van der Waals surface area contributed by atoms with Gasteiger partial charge in [0.2, 0.25) is 0 Å². The summed E-state index contributed by atoms with van der Waals surface area (Å²) in [5, 5.41) is 13.5. The number of aromatic nitrogens is 2. The van der Waals surface area contributed by atoms with E-state index in [1.54, 1.807) is 48.6 Å². The molecule has 104 valence electrons. The Morgan fingerprint density at radius 2 is 1.76 bits per heavy atom. The Balaban J connectivity index is 1.82. The van der Waals surface area contributed by atoms with Crippen LogP contribution in [-0.2, 0) is 0 Å². The number of hydrogen-bond acceptors (Lipinski definition) is 4. The highest BCUT2D eigenvalue weighted by atomic mass is 19.1. The van der Waals surface area contributed by atoms with Crippen molar-refractivity contribution >= 4 is 12.2 Å². The van der Waals surface area contributed by atoms with Crippen molar-refractivity contribution in [1.82, 2.24) is 10.1 Å². The summed E-state index contributed by atoms with van der Waals surface area (Å²) in [5.74, 6) is 0.410. The van der Waals surface area contributed by atoms with Gasteiger partial charge in [-0.1, -0.05) is 35.5 Å². The maximum absolute atomic E-state index is 12.8. The van der Waals surface area contributed by atoms with E-state index >= 15 is 0 Å². The molecule has 3 aromatic rings. The van der Waals surface area contributed by atoms with Crippen molar-refractivity contribution in [3.05, 3.63) is 65.7 Å². The van der Waals surface area contributed by atoms with Gasteiger partial charge in [0.25, 0.3) is 5.89 Å². The molecule has 2 aromatic carbocycles. The van der Waals surface area contributed by atoms with Gasteiger partial charge in [0.1, 0.15) is 11.6 Å². The van der Waals surface area contributed by atoms with E-state index < -0.39 is 0 Å². The lowest BCUT2D eigenvalue weighted by atomic mass is 10.2. The van der Waals surface area contributed by atoms with Crippen molar-refractivity contribution in [1.29, 1.82) is 0 Å². The van der Waals surface area contributed by atoms with E-state index in [1.165, 1.54) is 12.1 Å². The number of benzene rings is 2. The highest BCUT2D eigenvalue weighted by Crippen LogP contribution is 2.27. The molecule has 0 spiro atoms. The smallest absolute Gasteiger partial charge is 0.261 e. The Kier molecular flexibility index (Phi) is 3.47. The summed E-state index contributed by atoms with van der Waals surface area (Å²) in [6.07, 6.45) is 3.40. The van der Waals surface area contributed by atoms with E-state index in [1.807, 2.05) is 0 Å². The fourth-order valence-electron chi connectivity index (χ4n) is 1.81. The zero-order valence-corrected chi connectivity index (χ0v) is 10.9. The fourth-order valence-corrected chi connectivity index (χ4v) is 1.81. The first-order valence-corrected chi connectivity index (χ1v) is 6.28. The number of para-hydroxylation sites is 1. The maximum Gasteiger partial charge on any atom is 0.261 e. The van der Waals surface area contributed by atoms with Crippen LogP contribution in [0.3, 0.4) is 0 Å². The lowest BCUT2D eigenvalue weighted by Crippen LogP contribution is -1.79. The van der Waals surface area contributed by atoms with Crippen LogP contribution in [-0.4, -0.2) is 15.2 Å². The van der Waals surface area contributed by atoms with Gasteiger partial charge >= 0.3 is 0 Å². The van der Waals surface area contributed by atoms with E-state index in [0.29, 0.717) is 11.4 Å². The normalized spacial score (nSPS) is 11.1. The molecule has 1 aromatic heterocycles. The SMILES string of the molecule is Oc1ccccc1-c1nc(C=Cc2ccc(F)cc2)no1. The second-order valence-electron chi connectivity index (χ2n) is 4.36. The molecule has 0 aliphatic heterocycles. The third-order valence-corrected chi connectivity index (χ3v) is 2.87. The molecule has 0 saturated carbocycles. The van der Waals surface area contributed by atoms with Gasteiger partial charge in [-0.2, -0.15) is 4.98 Å². The van der Waals surface area contributed by atoms with E-state index in [4.69, 9.17) is 4.52 Å². The summed E-state index contributed by atoms with van der Waals surface area (Å²) < 4.78 is 17.9. The van der Waals surface area contributed by atoms with E-state index in [2.05, 4.69) is 10.1 Å². The third-order valence-electron chi connectivity index (χ3n) is 2.87. The van der Waals surface area contributed by atoms with Crippen LogP contribution in [0.25, 0.3) is 23.6 Å². The van der Waals surface area contributed by atoms with Gasteiger partial charge in [-0.25, -0.2) is 4.39 Å². The van der Waals surface area contributed by atoms with E-state index in [-0.39, 0.29) is 17.5 Å². The Morgan fingerprint density at radius 3 is 2.52 bits per heavy atom. The van der Waals surface area contributed by atoms with Crippen molar-refractivity contribution in [2.75, 3.05) is 0 Å². The van der Waals surface area contributed by atoms with Gasteiger partial charge in [-0.15, -0.1) is 0 Å².